The number of alkyl halides is 6. The number of hydrogen-bond donors (Lipinski definition) is 2. The monoisotopic (exact) mass is 872 g/mol. The fourth-order valence-corrected chi connectivity index (χ4v) is 9.16. The molecular formula is C40H46F6N12O4. The molecule has 2 aliphatic carbocycles. The highest BCUT2D eigenvalue weighted by Gasteiger charge is 2.45. The number of anilines is 4. The Morgan fingerprint density at radius 1 is 0.629 bits per heavy atom. The lowest BCUT2D eigenvalue weighted by atomic mass is 9.92. The van der Waals surface area contributed by atoms with Crippen LogP contribution >= 0.6 is 0 Å². The molecule has 22 heteroatoms. The van der Waals surface area contributed by atoms with Gasteiger partial charge in [0, 0.05) is 62.8 Å². The first-order valence-corrected chi connectivity index (χ1v) is 20.6. The van der Waals surface area contributed by atoms with Gasteiger partial charge in [-0.05, 0) is 101 Å². The molecule has 2 unspecified atom stereocenters. The minimum atomic E-state index is -4.46. The van der Waals surface area contributed by atoms with Crippen molar-refractivity contribution in [1.82, 2.24) is 39.5 Å². The van der Waals surface area contributed by atoms with Gasteiger partial charge in [0.2, 0.25) is 23.7 Å². The molecule has 10 rings (SSSR count). The lowest BCUT2D eigenvalue weighted by Crippen LogP contribution is -2.48. The third kappa shape index (κ3) is 8.46. The van der Waals surface area contributed by atoms with Crippen LogP contribution in [-0.4, -0.2) is 102 Å². The second-order valence-corrected chi connectivity index (χ2v) is 16.7. The van der Waals surface area contributed by atoms with Crippen molar-refractivity contribution < 1.29 is 44.9 Å². The highest BCUT2D eigenvalue weighted by Crippen LogP contribution is 2.42. The first kappa shape index (κ1) is 41.4. The van der Waals surface area contributed by atoms with Crippen molar-refractivity contribution in [3.63, 3.8) is 0 Å². The summed E-state index contributed by atoms with van der Waals surface area (Å²) in [6.07, 6.45) is -5.18. The summed E-state index contributed by atoms with van der Waals surface area (Å²) < 4.78 is 101. The van der Waals surface area contributed by atoms with Crippen molar-refractivity contribution in [3.8, 4) is 11.5 Å². The maximum atomic E-state index is 12.9. The lowest BCUT2D eigenvalue weighted by molar-refractivity contribution is -0.189. The molecule has 4 aliphatic rings. The van der Waals surface area contributed by atoms with Crippen LogP contribution in [0.3, 0.4) is 0 Å². The van der Waals surface area contributed by atoms with Gasteiger partial charge in [0.1, 0.15) is 0 Å². The highest BCUT2D eigenvalue weighted by molar-refractivity contribution is 5.57. The molecule has 6 aromatic heterocycles. The average molecular weight is 873 g/mol. The van der Waals surface area contributed by atoms with E-state index in [1.807, 2.05) is 26.0 Å². The zero-order valence-corrected chi connectivity index (χ0v) is 34.3. The van der Waals surface area contributed by atoms with E-state index in [-0.39, 0.29) is 34.9 Å². The molecule has 0 amide bonds. The zero-order chi connectivity index (χ0) is 43.5. The first-order chi connectivity index (χ1) is 29.6. The van der Waals surface area contributed by atoms with Crippen LogP contribution in [0.4, 0.5) is 50.0 Å². The Morgan fingerprint density at radius 2 is 1.00 bits per heavy atom. The number of aryl methyl sites for hydroxylation is 2. The fraction of sp³-hybridized carbons (Fsp3) is 0.550. The van der Waals surface area contributed by atoms with Gasteiger partial charge in [0.15, 0.2) is 35.0 Å². The van der Waals surface area contributed by atoms with Crippen molar-refractivity contribution in [2.24, 2.45) is 23.7 Å². The van der Waals surface area contributed by atoms with E-state index in [1.165, 1.54) is 21.2 Å². The molecule has 0 aromatic carbocycles. The normalized spacial score (nSPS) is 24.5. The highest BCUT2D eigenvalue weighted by atomic mass is 19.4. The Kier molecular flexibility index (Phi) is 10.7. The van der Waals surface area contributed by atoms with Crippen molar-refractivity contribution in [2.75, 3.05) is 46.6 Å². The summed E-state index contributed by atoms with van der Waals surface area (Å²) in [5.74, 6) is 4.00. The van der Waals surface area contributed by atoms with Crippen LogP contribution in [0.5, 0.6) is 11.5 Å². The molecule has 62 heavy (non-hydrogen) atoms. The Hall–Kier alpha value is -5.96. The standard InChI is InChI=1S/2C20H23F3N6O2/c2*1-11-8-16(31-27-11)28-9-13-5-6-14(10-28)17(13)24-19-25-18-15(4-3-7-29(18)26-19)30-12(2)20(21,22)23/h2*3-4,7-8,12-14,17H,5-6,9-10H2,1-2H3,(H,24,26)/t2*12-,13-,14+,17?/m10/s1. The van der Waals surface area contributed by atoms with Gasteiger partial charge in [-0.25, -0.2) is 9.03 Å². The van der Waals surface area contributed by atoms with Crippen LogP contribution in [0, 0.1) is 37.5 Å². The number of nitrogens with zero attached hydrogens (tertiary/aromatic N) is 10. The molecule has 8 heterocycles. The number of piperidine rings is 2. The second kappa shape index (κ2) is 16.1. The molecule has 2 aliphatic heterocycles. The Balaban J connectivity index is 0.000000158. The van der Waals surface area contributed by atoms with Gasteiger partial charge < -0.3 is 39.0 Å². The Bertz CT molecular complexity index is 2300. The fourth-order valence-electron chi connectivity index (χ4n) is 9.16. The third-order valence-corrected chi connectivity index (χ3v) is 12.3. The van der Waals surface area contributed by atoms with Gasteiger partial charge in [-0.2, -0.15) is 36.3 Å². The van der Waals surface area contributed by atoms with E-state index >= 15 is 0 Å². The molecule has 332 valence electrons. The summed E-state index contributed by atoms with van der Waals surface area (Å²) in [6, 6.07) is 10.4. The number of hydrogen-bond acceptors (Lipinski definition) is 14. The second-order valence-electron chi connectivity index (χ2n) is 16.7. The molecule has 4 fully saturated rings. The maximum absolute atomic E-state index is 12.9. The van der Waals surface area contributed by atoms with Gasteiger partial charge >= 0.3 is 12.4 Å². The van der Waals surface area contributed by atoms with E-state index in [1.54, 1.807) is 24.5 Å². The van der Waals surface area contributed by atoms with Gasteiger partial charge in [0.25, 0.3) is 0 Å². The summed E-state index contributed by atoms with van der Waals surface area (Å²) >= 11 is 0. The summed E-state index contributed by atoms with van der Waals surface area (Å²) in [7, 11) is 0. The predicted molar refractivity (Wildman–Crippen MR) is 212 cm³/mol. The molecule has 2 saturated carbocycles. The van der Waals surface area contributed by atoms with Crippen molar-refractivity contribution >= 4 is 35.0 Å². The quantitative estimate of drug-likeness (QED) is 0.131. The summed E-state index contributed by atoms with van der Waals surface area (Å²) in [4.78, 5) is 13.3. The van der Waals surface area contributed by atoms with Crippen molar-refractivity contribution in [2.45, 2.75) is 90.0 Å². The van der Waals surface area contributed by atoms with E-state index in [0.29, 0.717) is 35.6 Å². The van der Waals surface area contributed by atoms with Gasteiger partial charge in [-0.15, -0.1) is 10.2 Å². The number of fused-ring (bicyclic) bond motifs is 6. The number of pyridine rings is 2. The smallest absolute Gasteiger partial charge is 0.425 e. The number of aromatic nitrogens is 8. The SMILES string of the molecule is Cc1cc(N2C[C@H]3CC[C@@H](C2)C3Nc2nc3c(O[C@@H](C)C(F)(F)F)cccn3n2)on1.Cc1cc(N2C[C@H]3CC[C@@H](C2)C3Nc2nc3c(O[C@H](C)C(F)(F)F)cccn3n2)on1. The molecule has 0 radical (unpaired) electrons. The summed E-state index contributed by atoms with van der Waals surface area (Å²) in [6.45, 7) is 9.11. The van der Waals surface area contributed by atoms with Crippen LogP contribution in [0.25, 0.3) is 11.3 Å². The molecule has 0 spiro atoms. The van der Waals surface area contributed by atoms with Gasteiger partial charge in [-0.1, -0.05) is 10.3 Å². The minimum Gasteiger partial charge on any atom is -0.477 e. The van der Waals surface area contributed by atoms with E-state index in [0.717, 1.165) is 88.9 Å². The minimum absolute atomic E-state index is 0.0476. The van der Waals surface area contributed by atoms with Crippen LogP contribution < -0.4 is 29.9 Å². The molecule has 16 nitrogen and oxygen atoms in total. The first-order valence-electron chi connectivity index (χ1n) is 20.6. The largest absolute Gasteiger partial charge is 0.477 e. The Labute approximate surface area is 350 Å². The third-order valence-electron chi connectivity index (χ3n) is 12.3. The number of nitrogens with one attached hydrogen (secondary N) is 2. The van der Waals surface area contributed by atoms with Crippen LogP contribution in [0.2, 0.25) is 0 Å². The average Bonchev–Trinajstić information content (AvgIpc) is 4.08. The maximum Gasteiger partial charge on any atom is 0.425 e. The number of rotatable bonds is 10. The summed E-state index contributed by atoms with van der Waals surface area (Å²) in [5, 5.41) is 23.6. The molecule has 2 N–H and O–H groups in total. The molecule has 8 atom stereocenters. The molecular weight excluding hydrogens is 827 g/mol. The number of ether oxygens (including phenoxy) is 2. The molecule has 4 bridgehead atoms. The van der Waals surface area contributed by atoms with E-state index < -0.39 is 24.6 Å². The van der Waals surface area contributed by atoms with Crippen molar-refractivity contribution in [3.05, 3.63) is 60.2 Å². The van der Waals surface area contributed by atoms with Crippen molar-refractivity contribution in [1.29, 1.82) is 0 Å². The Morgan fingerprint density at radius 3 is 1.32 bits per heavy atom. The van der Waals surface area contributed by atoms with E-state index in [2.05, 4.69) is 50.9 Å². The topological polar surface area (TPSA) is 161 Å². The lowest BCUT2D eigenvalue weighted by Gasteiger charge is -2.37. The number of halogens is 6. The predicted octanol–water partition coefficient (Wildman–Crippen LogP) is 7.36. The summed E-state index contributed by atoms with van der Waals surface area (Å²) in [5.41, 5.74) is 2.22. The van der Waals surface area contributed by atoms with Crippen LogP contribution in [0.15, 0.2) is 57.8 Å². The van der Waals surface area contributed by atoms with E-state index in [9.17, 15) is 26.3 Å². The van der Waals surface area contributed by atoms with Crippen LogP contribution in [0.1, 0.15) is 50.9 Å². The molecule has 2 saturated heterocycles. The molecule has 6 aromatic rings. The van der Waals surface area contributed by atoms with Gasteiger partial charge in [0.05, 0.1) is 11.4 Å². The van der Waals surface area contributed by atoms with Gasteiger partial charge in [-0.3, -0.25) is 0 Å². The van der Waals surface area contributed by atoms with Crippen LogP contribution in [-0.2, 0) is 0 Å². The zero-order valence-electron chi connectivity index (χ0n) is 34.3. The van der Waals surface area contributed by atoms with E-state index in [4.69, 9.17) is 18.5 Å².